The van der Waals surface area contributed by atoms with Crippen LogP contribution in [0.25, 0.3) is 0 Å². The highest BCUT2D eigenvalue weighted by atomic mass is 32.1. The Balaban J connectivity index is 1.53. The molecule has 0 spiro atoms. The summed E-state index contributed by atoms with van der Waals surface area (Å²) >= 11 is 1.71. The molecule has 0 unspecified atom stereocenters. The second kappa shape index (κ2) is 7.46. The first-order chi connectivity index (χ1) is 11.3. The zero-order valence-corrected chi connectivity index (χ0v) is 14.0. The van der Waals surface area contributed by atoms with Crippen LogP contribution in [0, 0.1) is 5.82 Å². The van der Waals surface area contributed by atoms with E-state index in [1.54, 1.807) is 11.3 Å². The van der Waals surface area contributed by atoms with Crippen LogP contribution in [0.4, 0.5) is 10.1 Å². The van der Waals surface area contributed by atoms with Crippen LogP contribution in [0.3, 0.4) is 0 Å². The van der Waals surface area contributed by atoms with Crippen molar-refractivity contribution in [3.05, 3.63) is 52.5 Å². The summed E-state index contributed by atoms with van der Waals surface area (Å²) in [4.78, 5) is 8.94. The van der Waals surface area contributed by atoms with E-state index in [1.165, 1.54) is 17.7 Å². The van der Waals surface area contributed by atoms with Gasteiger partial charge < -0.3 is 15.1 Å². The Morgan fingerprint density at radius 3 is 2.52 bits per heavy atom. The van der Waals surface area contributed by atoms with Crippen molar-refractivity contribution in [1.82, 2.24) is 10.2 Å². The first-order valence-electron chi connectivity index (χ1n) is 7.73. The van der Waals surface area contributed by atoms with Crippen molar-refractivity contribution in [3.63, 3.8) is 0 Å². The van der Waals surface area contributed by atoms with Crippen molar-refractivity contribution < 1.29 is 4.39 Å². The topological polar surface area (TPSA) is 30.9 Å². The number of nitrogens with one attached hydrogen (secondary N) is 1. The molecular weight excluding hydrogens is 311 g/mol. The largest absolute Gasteiger partial charge is 0.368 e. The third-order valence-electron chi connectivity index (χ3n) is 4.01. The fourth-order valence-electron chi connectivity index (χ4n) is 2.73. The number of anilines is 1. The van der Waals surface area contributed by atoms with Crippen molar-refractivity contribution in [2.75, 3.05) is 38.1 Å². The fourth-order valence-corrected chi connectivity index (χ4v) is 3.40. The van der Waals surface area contributed by atoms with Crippen molar-refractivity contribution >= 4 is 23.0 Å². The predicted octanol–water partition coefficient (Wildman–Crippen LogP) is 2.78. The van der Waals surface area contributed by atoms with Gasteiger partial charge in [-0.1, -0.05) is 0 Å². The maximum Gasteiger partial charge on any atom is 0.194 e. The second-order valence-corrected chi connectivity index (χ2v) is 6.26. The van der Waals surface area contributed by atoms with Gasteiger partial charge in [-0.3, -0.25) is 4.99 Å². The van der Waals surface area contributed by atoms with E-state index in [0.717, 1.165) is 44.4 Å². The number of thiophene rings is 1. The molecule has 1 saturated heterocycles. The lowest BCUT2D eigenvalue weighted by Crippen LogP contribution is -2.52. The minimum absolute atomic E-state index is 0.189. The fraction of sp³-hybridized carbons (Fsp3) is 0.353. The number of nitrogens with zero attached hydrogens (tertiary/aromatic N) is 3. The van der Waals surface area contributed by atoms with E-state index in [1.807, 2.05) is 19.2 Å². The van der Waals surface area contributed by atoms with Crippen molar-refractivity contribution in [2.45, 2.75) is 6.54 Å². The summed E-state index contributed by atoms with van der Waals surface area (Å²) in [6, 6.07) is 8.84. The zero-order valence-electron chi connectivity index (χ0n) is 13.2. The molecule has 3 rings (SSSR count). The van der Waals surface area contributed by atoms with Gasteiger partial charge in [-0.05, 0) is 46.7 Å². The van der Waals surface area contributed by atoms with E-state index >= 15 is 0 Å². The minimum atomic E-state index is -0.189. The van der Waals surface area contributed by atoms with Crippen LogP contribution in [-0.2, 0) is 6.54 Å². The number of hydrogen-bond donors (Lipinski definition) is 1. The molecule has 0 atom stereocenters. The van der Waals surface area contributed by atoms with Crippen LogP contribution in [0.1, 0.15) is 5.56 Å². The molecule has 6 heteroatoms. The van der Waals surface area contributed by atoms with Gasteiger partial charge in [-0.25, -0.2) is 4.39 Å². The predicted molar refractivity (Wildman–Crippen MR) is 94.7 cm³/mol. The van der Waals surface area contributed by atoms with E-state index in [9.17, 15) is 4.39 Å². The van der Waals surface area contributed by atoms with E-state index in [4.69, 9.17) is 0 Å². The average Bonchev–Trinajstić information content (AvgIpc) is 3.10. The molecule has 122 valence electrons. The Hall–Kier alpha value is -2.08. The molecule has 0 radical (unpaired) electrons. The van der Waals surface area contributed by atoms with Crippen molar-refractivity contribution in [3.8, 4) is 0 Å². The Morgan fingerprint density at radius 2 is 1.91 bits per heavy atom. The van der Waals surface area contributed by atoms with Crippen LogP contribution in [0.2, 0.25) is 0 Å². The van der Waals surface area contributed by atoms with E-state index in [0.29, 0.717) is 0 Å². The van der Waals surface area contributed by atoms with Crippen LogP contribution >= 0.6 is 11.3 Å². The van der Waals surface area contributed by atoms with Gasteiger partial charge in [-0.15, -0.1) is 0 Å². The summed E-state index contributed by atoms with van der Waals surface area (Å²) in [5, 5.41) is 7.65. The molecule has 1 aliphatic rings. The molecule has 1 N–H and O–H groups in total. The summed E-state index contributed by atoms with van der Waals surface area (Å²) in [6.45, 7) is 4.42. The standard InChI is InChI=1S/C17H21FN4S/c1-19-17(20-12-14-6-11-23-13-14)22-9-7-21(8-10-22)16-4-2-15(18)3-5-16/h2-6,11,13H,7-10,12H2,1H3,(H,19,20). The molecule has 0 amide bonds. The summed E-state index contributed by atoms with van der Waals surface area (Å²) in [5.41, 5.74) is 2.35. The quantitative estimate of drug-likeness (QED) is 0.693. The molecule has 2 aromatic rings. The lowest BCUT2D eigenvalue weighted by molar-refractivity contribution is 0.372. The monoisotopic (exact) mass is 332 g/mol. The van der Waals surface area contributed by atoms with Crippen LogP contribution in [0.5, 0.6) is 0 Å². The smallest absolute Gasteiger partial charge is 0.194 e. The Bertz CT molecular complexity index is 631. The molecule has 23 heavy (non-hydrogen) atoms. The first-order valence-corrected chi connectivity index (χ1v) is 8.68. The lowest BCUT2D eigenvalue weighted by atomic mass is 10.2. The summed E-state index contributed by atoms with van der Waals surface area (Å²) in [7, 11) is 1.82. The molecular formula is C17H21FN4S. The Labute approximate surface area is 140 Å². The summed E-state index contributed by atoms with van der Waals surface area (Å²) in [5.74, 6) is 0.750. The number of guanidine groups is 1. The third kappa shape index (κ3) is 4.01. The van der Waals surface area contributed by atoms with Crippen LogP contribution in [0.15, 0.2) is 46.1 Å². The lowest BCUT2D eigenvalue weighted by Gasteiger charge is -2.37. The van der Waals surface area contributed by atoms with Gasteiger partial charge in [0, 0.05) is 45.5 Å². The molecule has 1 aliphatic heterocycles. The van der Waals surface area contributed by atoms with Crippen molar-refractivity contribution in [1.29, 1.82) is 0 Å². The molecule has 1 aromatic heterocycles. The molecule has 2 heterocycles. The number of aliphatic imine (C=N–C) groups is 1. The Morgan fingerprint density at radius 1 is 1.17 bits per heavy atom. The van der Waals surface area contributed by atoms with Crippen molar-refractivity contribution in [2.24, 2.45) is 4.99 Å². The highest BCUT2D eigenvalue weighted by Crippen LogP contribution is 2.17. The van der Waals surface area contributed by atoms with Gasteiger partial charge in [0.05, 0.1) is 0 Å². The average molecular weight is 332 g/mol. The highest BCUT2D eigenvalue weighted by molar-refractivity contribution is 7.07. The normalized spacial score (nSPS) is 15.8. The van der Waals surface area contributed by atoms with Crippen LogP contribution < -0.4 is 10.2 Å². The molecule has 1 fully saturated rings. The van der Waals surface area contributed by atoms with Gasteiger partial charge in [0.2, 0.25) is 0 Å². The van der Waals surface area contributed by atoms with E-state index in [2.05, 4.69) is 36.9 Å². The zero-order chi connectivity index (χ0) is 16.1. The molecule has 4 nitrogen and oxygen atoms in total. The van der Waals surface area contributed by atoms with E-state index in [-0.39, 0.29) is 5.82 Å². The van der Waals surface area contributed by atoms with Gasteiger partial charge >= 0.3 is 0 Å². The molecule has 0 aliphatic carbocycles. The number of piperazine rings is 1. The Kier molecular flexibility index (Phi) is 5.12. The number of benzene rings is 1. The second-order valence-electron chi connectivity index (χ2n) is 5.48. The van der Waals surface area contributed by atoms with Gasteiger partial charge in [0.1, 0.15) is 5.82 Å². The first kappa shape index (κ1) is 15.8. The van der Waals surface area contributed by atoms with E-state index < -0.39 is 0 Å². The molecule has 0 bridgehead atoms. The number of rotatable bonds is 3. The number of hydrogen-bond acceptors (Lipinski definition) is 3. The summed E-state index contributed by atoms with van der Waals surface area (Å²) in [6.07, 6.45) is 0. The SMILES string of the molecule is CN=C(NCc1ccsc1)N1CCN(c2ccc(F)cc2)CC1. The third-order valence-corrected chi connectivity index (χ3v) is 4.75. The van der Waals surface area contributed by atoms with Crippen LogP contribution in [-0.4, -0.2) is 44.1 Å². The number of halogens is 1. The highest BCUT2D eigenvalue weighted by Gasteiger charge is 2.19. The molecule has 0 saturated carbocycles. The minimum Gasteiger partial charge on any atom is -0.368 e. The van der Waals surface area contributed by atoms with Gasteiger partial charge in [0.15, 0.2) is 5.96 Å². The maximum atomic E-state index is 13.0. The summed E-state index contributed by atoms with van der Waals surface area (Å²) < 4.78 is 13.0. The maximum absolute atomic E-state index is 13.0. The van der Waals surface area contributed by atoms with Gasteiger partial charge in [0.25, 0.3) is 0 Å². The molecule has 1 aromatic carbocycles. The van der Waals surface area contributed by atoms with Gasteiger partial charge in [-0.2, -0.15) is 11.3 Å².